The van der Waals surface area contributed by atoms with Crippen LogP contribution in [0.15, 0.2) is 0 Å². The summed E-state index contributed by atoms with van der Waals surface area (Å²) in [5.41, 5.74) is 4.40. The molecule has 0 saturated heterocycles. The molecule has 0 heterocycles. The van der Waals surface area contributed by atoms with Crippen LogP contribution in [-0.4, -0.2) is 20.6 Å². The topological polar surface area (TPSA) is 102 Å². The van der Waals surface area contributed by atoms with Crippen molar-refractivity contribution in [1.29, 1.82) is 5.26 Å². The third kappa shape index (κ3) is 67.7. The lowest BCUT2D eigenvalue weighted by Gasteiger charge is -1.80. The van der Waals surface area contributed by atoms with Crippen LogP contribution in [0, 0.1) is 11.5 Å². The molecule has 0 atom stereocenters. The first kappa shape index (κ1) is 11.6. The van der Waals surface area contributed by atoms with Crippen LogP contribution in [0.2, 0.25) is 0 Å². The highest BCUT2D eigenvalue weighted by Crippen LogP contribution is 1.53. The highest BCUT2D eigenvalue weighted by atomic mass is 32.1. The Labute approximate surface area is 68.1 Å². The number of nitrogens with two attached hydrogens (primary N) is 1. The molecule has 0 amide bonds. The fourth-order valence-corrected chi connectivity index (χ4v) is 0.0935. The highest BCUT2D eigenvalue weighted by molar-refractivity contribution is 7.80. The van der Waals surface area contributed by atoms with Crippen molar-refractivity contribution >= 4 is 34.8 Å². The van der Waals surface area contributed by atoms with Gasteiger partial charge in [0.15, 0.2) is 6.19 Å². The first-order valence-electron chi connectivity index (χ1n) is 1.87. The number of hydrogen-bond donors (Lipinski definition) is 4. The Balaban J connectivity index is 0. The largest absolute Gasteiger partial charge is 0.487 e. The van der Waals surface area contributed by atoms with Crippen molar-refractivity contribution in [2.45, 2.75) is 0 Å². The molecule has 0 saturated carbocycles. The molecule has 5 N–H and O–H groups in total. The summed E-state index contributed by atoms with van der Waals surface area (Å²) in [6, 6.07) is 0. The summed E-state index contributed by atoms with van der Waals surface area (Å²) in [6.45, 7) is 0. The lowest BCUT2D eigenvalue weighted by molar-refractivity contribution is 0.548. The van der Waals surface area contributed by atoms with Crippen molar-refractivity contribution in [1.82, 2.24) is 5.32 Å². The van der Waals surface area contributed by atoms with Gasteiger partial charge in [-0.2, -0.15) is 5.26 Å². The van der Waals surface area contributed by atoms with E-state index in [4.69, 9.17) is 15.5 Å². The highest BCUT2D eigenvalue weighted by Gasteiger charge is 1.76. The average molecular weight is 179 g/mol. The van der Waals surface area contributed by atoms with Crippen LogP contribution in [-0.2, 0) is 0 Å². The number of nitrogens with zero attached hydrogens (tertiary/aromatic N) is 1. The molecule has 0 unspecified atom stereocenters. The van der Waals surface area contributed by atoms with Gasteiger partial charge < -0.3 is 15.9 Å². The molecule has 10 heavy (non-hydrogen) atoms. The van der Waals surface area contributed by atoms with E-state index in [0.717, 1.165) is 0 Å². The van der Waals surface area contributed by atoms with Crippen molar-refractivity contribution in [3.8, 4) is 6.19 Å². The van der Waals surface area contributed by atoms with E-state index < -0.39 is 10.3 Å². The van der Waals surface area contributed by atoms with Gasteiger partial charge >= 0.3 is 0 Å². The fraction of sp³-hybridized carbons (Fsp3) is 0. The molecule has 0 spiro atoms. The van der Waals surface area contributed by atoms with E-state index in [1.807, 2.05) is 0 Å². The van der Waals surface area contributed by atoms with Gasteiger partial charge in [0.25, 0.3) is 10.3 Å². The average Bonchev–Trinajstić information content (AvgIpc) is 1.62. The van der Waals surface area contributed by atoms with Crippen LogP contribution in [0.3, 0.4) is 0 Å². The van der Waals surface area contributed by atoms with Crippen molar-refractivity contribution in [2.75, 3.05) is 0 Å². The zero-order chi connectivity index (χ0) is 8.57. The normalized spacial score (nSPS) is 5.90. The van der Waals surface area contributed by atoms with Crippen LogP contribution in [0.5, 0.6) is 0 Å². The summed E-state index contributed by atoms with van der Waals surface area (Å²) in [7, 11) is 0. The van der Waals surface area contributed by atoms with Gasteiger partial charge in [-0.1, -0.05) is 0 Å². The van der Waals surface area contributed by atoms with E-state index in [0.29, 0.717) is 0 Å². The van der Waals surface area contributed by atoms with Crippen molar-refractivity contribution in [2.24, 2.45) is 5.73 Å². The molecule has 0 aromatic heterocycles. The number of nitriles is 1. The van der Waals surface area contributed by atoms with Gasteiger partial charge in [-0.25, -0.2) is 0 Å². The van der Waals surface area contributed by atoms with Gasteiger partial charge in [0, 0.05) is 0 Å². The molecule has 5 nitrogen and oxygen atoms in total. The number of nitrogens with one attached hydrogen (secondary N) is 1. The molecule has 7 heteroatoms. The molecule has 0 aromatic carbocycles. The predicted octanol–water partition coefficient (Wildman–Crippen LogP) is -0.312. The lowest BCUT2D eigenvalue weighted by atomic mass is 11.1. The minimum absolute atomic E-state index is 0.488. The Morgan fingerprint density at radius 1 is 1.50 bits per heavy atom. The van der Waals surface area contributed by atoms with E-state index in [-0.39, 0.29) is 0 Å². The predicted molar refractivity (Wildman–Crippen MR) is 43.4 cm³/mol. The molecule has 0 radical (unpaired) electrons. The Morgan fingerprint density at radius 3 is 1.80 bits per heavy atom. The molecule has 0 rings (SSSR count). The SMILES string of the molecule is N#CNC(O)=S.NC(O)=S. The van der Waals surface area contributed by atoms with E-state index in [1.54, 1.807) is 5.32 Å². The first-order valence-corrected chi connectivity index (χ1v) is 2.68. The van der Waals surface area contributed by atoms with Gasteiger partial charge in [0.05, 0.1) is 0 Å². The Bertz CT molecular complexity index is 160. The van der Waals surface area contributed by atoms with Crippen molar-refractivity contribution in [3.63, 3.8) is 0 Å². The molecule has 0 aliphatic rings. The van der Waals surface area contributed by atoms with Gasteiger partial charge in [-0.15, -0.1) is 0 Å². The Morgan fingerprint density at radius 2 is 1.80 bits per heavy atom. The molecular formula is C3H5N3O2S2. The van der Waals surface area contributed by atoms with E-state index in [1.165, 1.54) is 6.19 Å². The van der Waals surface area contributed by atoms with E-state index >= 15 is 0 Å². The van der Waals surface area contributed by atoms with Gasteiger partial charge in [0.2, 0.25) is 0 Å². The van der Waals surface area contributed by atoms with Crippen molar-refractivity contribution < 1.29 is 10.2 Å². The van der Waals surface area contributed by atoms with Gasteiger partial charge in [-0.3, -0.25) is 5.32 Å². The Kier molecular flexibility index (Phi) is 9.16. The van der Waals surface area contributed by atoms with Crippen LogP contribution < -0.4 is 11.1 Å². The smallest absolute Gasteiger partial charge is 0.267 e. The zero-order valence-corrected chi connectivity index (χ0v) is 6.37. The molecule has 0 fully saturated rings. The van der Waals surface area contributed by atoms with Crippen molar-refractivity contribution in [3.05, 3.63) is 0 Å². The second kappa shape index (κ2) is 7.87. The summed E-state index contributed by atoms with van der Waals surface area (Å²) in [6.07, 6.45) is 1.43. The van der Waals surface area contributed by atoms with E-state index in [9.17, 15) is 0 Å². The van der Waals surface area contributed by atoms with Gasteiger partial charge in [-0.05, 0) is 24.4 Å². The summed E-state index contributed by atoms with van der Waals surface area (Å²) in [5.74, 6) is 0. The summed E-state index contributed by atoms with van der Waals surface area (Å²) < 4.78 is 0. The number of aliphatic hydroxyl groups is 2. The summed E-state index contributed by atoms with van der Waals surface area (Å²) in [5, 5.41) is 24.0. The molecule has 56 valence electrons. The fourth-order valence-electron chi connectivity index (χ4n) is 0.0478. The minimum Gasteiger partial charge on any atom is -0.487 e. The molecule has 0 aromatic rings. The van der Waals surface area contributed by atoms with Crippen LogP contribution in [0.4, 0.5) is 0 Å². The second-order valence-corrected chi connectivity index (χ2v) is 1.69. The lowest BCUT2D eigenvalue weighted by Crippen LogP contribution is -2.12. The first-order chi connectivity index (χ1) is 4.50. The zero-order valence-electron chi connectivity index (χ0n) is 4.74. The molecule has 0 aliphatic carbocycles. The number of hydrogen-bond acceptors (Lipinski definition) is 3. The molecule has 0 bridgehead atoms. The van der Waals surface area contributed by atoms with E-state index in [2.05, 4.69) is 30.2 Å². The maximum absolute atomic E-state index is 7.95. The molecular weight excluding hydrogens is 174 g/mol. The Hall–Kier alpha value is -1.13. The number of thiocarbonyl (C=S) groups is 2. The standard InChI is InChI=1S/C2H2N2OS.CH3NOS/c3-1-4-2(5)6;2-1(3)4/h(H2,4,5,6);(H3,2,3,4). The maximum Gasteiger partial charge on any atom is 0.267 e. The third-order valence-electron chi connectivity index (χ3n) is 0.163. The van der Waals surface area contributed by atoms with Crippen LogP contribution in [0.1, 0.15) is 0 Å². The monoisotopic (exact) mass is 179 g/mol. The van der Waals surface area contributed by atoms with Gasteiger partial charge in [0.1, 0.15) is 0 Å². The molecule has 0 aliphatic heterocycles. The number of aliphatic hydroxyl groups excluding tert-OH is 2. The van der Waals surface area contributed by atoms with Crippen LogP contribution >= 0.6 is 24.4 Å². The second-order valence-electron chi connectivity index (χ2n) is 0.880. The maximum atomic E-state index is 7.95. The third-order valence-corrected chi connectivity index (χ3v) is 0.265. The minimum atomic E-state index is -0.500. The summed E-state index contributed by atoms with van der Waals surface area (Å²) in [4.78, 5) is 0. The number of rotatable bonds is 0. The summed E-state index contributed by atoms with van der Waals surface area (Å²) >= 11 is 7.89. The van der Waals surface area contributed by atoms with Crippen LogP contribution in [0.25, 0.3) is 0 Å². The quantitative estimate of drug-likeness (QED) is 0.230.